The first-order valence-electron chi connectivity index (χ1n) is 5.57. The van der Waals surface area contributed by atoms with Crippen molar-refractivity contribution in [3.8, 4) is 17.1 Å². The normalized spacial score (nSPS) is 10.5. The molecule has 0 fully saturated rings. The van der Waals surface area contributed by atoms with Crippen molar-refractivity contribution in [2.45, 2.75) is 0 Å². The number of nitrogens with two attached hydrogens (primary N) is 1. The topological polar surface area (TPSA) is 102 Å². The van der Waals surface area contributed by atoms with Gasteiger partial charge in [0, 0.05) is 6.20 Å². The summed E-state index contributed by atoms with van der Waals surface area (Å²) in [6.07, 6.45) is 3.36. The van der Waals surface area contributed by atoms with Gasteiger partial charge < -0.3 is 5.73 Å². The highest BCUT2D eigenvalue weighted by molar-refractivity contribution is 5.53. The van der Waals surface area contributed by atoms with Crippen LogP contribution in [-0.4, -0.2) is 24.7 Å². The van der Waals surface area contributed by atoms with Crippen LogP contribution >= 0.6 is 0 Å². The number of H-pyrrole nitrogens is 1. The molecule has 0 bridgehead atoms. The first-order chi connectivity index (χ1) is 9.22. The third kappa shape index (κ3) is 2.21. The SMILES string of the molecule is Nc1nc(-c2cnn(-c3ccccc3)c2)[nH]c(=O)n1. The number of hydrogen-bond acceptors (Lipinski definition) is 5. The summed E-state index contributed by atoms with van der Waals surface area (Å²) in [7, 11) is 0. The van der Waals surface area contributed by atoms with Crippen LogP contribution in [0, 0.1) is 0 Å². The zero-order valence-corrected chi connectivity index (χ0v) is 9.82. The minimum absolute atomic E-state index is 0.0637. The molecular formula is C12H10N6O. The Balaban J connectivity index is 2.04. The number of hydrogen-bond donors (Lipinski definition) is 2. The van der Waals surface area contributed by atoms with Crippen molar-refractivity contribution >= 4 is 5.95 Å². The summed E-state index contributed by atoms with van der Waals surface area (Å²) >= 11 is 0. The van der Waals surface area contributed by atoms with Crippen LogP contribution in [0.4, 0.5) is 5.95 Å². The second kappa shape index (κ2) is 4.37. The quantitative estimate of drug-likeness (QED) is 0.697. The van der Waals surface area contributed by atoms with E-state index in [-0.39, 0.29) is 5.95 Å². The van der Waals surface area contributed by atoms with Crippen molar-refractivity contribution in [3.63, 3.8) is 0 Å². The molecule has 0 radical (unpaired) electrons. The Hall–Kier alpha value is -2.96. The minimum atomic E-state index is -0.532. The Morgan fingerprint density at radius 2 is 1.95 bits per heavy atom. The fraction of sp³-hybridized carbons (Fsp3) is 0. The Morgan fingerprint density at radius 1 is 1.16 bits per heavy atom. The summed E-state index contributed by atoms with van der Waals surface area (Å²) in [6, 6.07) is 9.61. The van der Waals surface area contributed by atoms with Gasteiger partial charge >= 0.3 is 5.69 Å². The van der Waals surface area contributed by atoms with Crippen molar-refractivity contribution < 1.29 is 0 Å². The van der Waals surface area contributed by atoms with Gasteiger partial charge in [-0.05, 0) is 12.1 Å². The third-order valence-electron chi connectivity index (χ3n) is 2.54. The van der Waals surface area contributed by atoms with Crippen LogP contribution in [0.15, 0.2) is 47.5 Å². The molecule has 7 nitrogen and oxygen atoms in total. The van der Waals surface area contributed by atoms with E-state index in [1.165, 1.54) is 0 Å². The zero-order chi connectivity index (χ0) is 13.2. The number of nitrogens with one attached hydrogen (secondary N) is 1. The van der Waals surface area contributed by atoms with Gasteiger partial charge in [-0.1, -0.05) is 18.2 Å². The molecule has 2 heterocycles. The van der Waals surface area contributed by atoms with E-state index in [1.54, 1.807) is 17.1 Å². The molecule has 7 heteroatoms. The highest BCUT2D eigenvalue weighted by Gasteiger charge is 2.07. The number of nitrogen functional groups attached to an aromatic ring is 1. The second-order valence-corrected chi connectivity index (χ2v) is 3.87. The van der Waals surface area contributed by atoms with Crippen LogP contribution in [0.1, 0.15) is 0 Å². The second-order valence-electron chi connectivity index (χ2n) is 3.87. The van der Waals surface area contributed by atoms with Gasteiger partial charge in [-0.25, -0.2) is 9.48 Å². The fourth-order valence-electron chi connectivity index (χ4n) is 1.70. The van der Waals surface area contributed by atoms with Gasteiger partial charge in [0.15, 0.2) is 0 Å². The van der Waals surface area contributed by atoms with Crippen LogP contribution in [0.2, 0.25) is 0 Å². The summed E-state index contributed by atoms with van der Waals surface area (Å²) in [6.45, 7) is 0. The van der Waals surface area contributed by atoms with E-state index in [0.717, 1.165) is 5.69 Å². The van der Waals surface area contributed by atoms with Crippen LogP contribution < -0.4 is 11.4 Å². The predicted molar refractivity (Wildman–Crippen MR) is 69.6 cm³/mol. The molecule has 0 amide bonds. The first kappa shape index (κ1) is 11.1. The van der Waals surface area contributed by atoms with E-state index in [0.29, 0.717) is 11.4 Å². The lowest BCUT2D eigenvalue weighted by Crippen LogP contribution is -2.15. The summed E-state index contributed by atoms with van der Waals surface area (Å²) in [5.41, 5.74) is 6.49. The van der Waals surface area contributed by atoms with Crippen molar-refractivity contribution in [2.24, 2.45) is 0 Å². The lowest BCUT2D eigenvalue weighted by Gasteiger charge is -1.99. The number of nitrogens with zero attached hydrogens (tertiary/aromatic N) is 4. The molecule has 0 aliphatic carbocycles. The number of aromatic amines is 1. The molecule has 0 atom stereocenters. The smallest absolute Gasteiger partial charge is 0.349 e. The van der Waals surface area contributed by atoms with Gasteiger partial charge in [-0.3, -0.25) is 4.98 Å². The van der Waals surface area contributed by atoms with Crippen LogP contribution in [0.3, 0.4) is 0 Å². The molecule has 1 aromatic carbocycles. The summed E-state index contributed by atoms with van der Waals surface area (Å²) in [5.74, 6) is 0.283. The molecular weight excluding hydrogens is 244 g/mol. The molecule has 94 valence electrons. The Morgan fingerprint density at radius 3 is 2.68 bits per heavy atom. The fourth-order valence-corrected chi connectivity index (χ4v) is 1.70. The van der Waals surface area contributed by atoms with E-state index in [2.05, 4.69) is 20.1 Å². The van der Waals surface area contributed by atoms with E-state index in [1.807, 2.05) is 30.3 Å². The van der Waals surface area contributed by atoms with E-state index < -0.39 is 5.69 Å². The number of rotatable bonds is 2. The third-order valence-corrected chi connectivity index (χ3v) is 2.54. The molecule has 0 saturated heterocycles. The Bertz CT molecular complexity index is 761. The van der Waals surface area contributed by atoms with E-state index in [4.69, 9.17) is 5.73 Å². The van der Waals surface area contributed by atoms with Crippen molar-refractivity contribution in [3.05, 3.63) is 53.2 Å². The summed E-state index contributed by atoms with van der Waals surface area (Å²) in [4.78, 5) is 21.2. The molecule has 0 saturated carbocycles. The van der Waals surface area contributed by atoms with Gasteiger partial charge in [0.1, 0.15) is 5.82 Å². The predicted octanol–water partition coefficient (Wildman–Crippen LogP) is 0.600. The standard InChI is InChI=1S/C12H10N6O/c13-11-15-10(16-12(19)17-11)8-6-14-18(7-8)9-4-2-1-3-5-9/h1-7H,(H3,13,15,16,17,19). The summed E-state index contributed by atoms with van der Waals surface area (Å²) < 4.78 is 1.69. The van der Waals surface area contributed by atoms with Crippen LogP contribution in [-0.2, 0) is 0 Å². The average molecular weight is 254 g/mol. The number of anilines is 1. The van der Waals surface area contributed by atoms with Crippen LogP contribution in [0.5, 0.6) is 0 Å². The molecule has 0 aliphatic heterocycles. The van der Waals surface area contributed by atoms with Gasteiger partial charge in [0.05, 0.1) is 17.4 Å². The molecule has 0 unspecified atom stereocenters. The molecule has 3 N–H and O–H groups in total. The van der Waals surface area contributed by atoms with Crippen molar-refractivity contribution in [1.29, 1.82) is 0 Å². The molecule has 3 rings (SSSR count). The maximum absolute atomic E-state index is 11.2. The van der Waals surface area contributed by atoms with Crippen molar-refractivity contribution in [1.82, 2.24) is 24.7 Å². The Labute approximate surface area is 107 Å². The summed E-state index contributed by atoms with van der Waals surface area (Å²) in [5, 5.41) is 4.22. The number of aromatic nitrogens is 5. The number of benzene rings is 1. The van der Waals surface area contributed by atoms with E-state index >= 15 is 0 Å². The minimum Gasteiger partial charge on any atom is -0.368 e. The largest absolute Gasteiger partial charge is 0.368 e. The lowest BCUT2D eigenvalue weighted by molar-refractivity contribution is 0.880. The zero-order valence-electron chi connectivity index (χ0n) is 9.82. The number of para-hydroxylation sites is 1. The Kier molecular flexibility index (Phi) is 2.57. The lowest BCUT2D eigenvalue weighted by atomic mass is 10.3. The van der Waals surface area contributed by atoms with Gasteiger partial charge in [0.2, 0.25) is 5.95 Å². The van der Waals surface area contributed by atoms with Gasteiger partial charge in [0.25, 0.3) is 0 Å². The van der Waals surface area contributed by atoms with Gasteiger partial charge in [-0.2, -0.15) is 15.1 Å². The highest BCUT2D eigenvalue weighted by Crippen LogP contribution is 2.15. The monoisotopic (exact) mass is 254 g/mol. The van der Waals surface area contributed by atoms with Crippen LogP contribution in [0.25, 0.3) is 17.1 Å². The van der Waals surface area contributed by atoms with Gasteiger partial charge in [-0.15, -0.1) is 0 Å². The highest BCUT2D eigenvalue weighted by atomic mass is 16.1. The average Bonchev–Trinajstić information content (AvgIpc) is 2.88. The molecule has 2 aromatic heterocycles. The maximum atomic E-state index is 11.2. The molecule has 3 aromatic rings. The molecule has 19 heavy (non-hydrogen) atoms. The molecule has 0 spiro atoms. The first-order valence-corrected chi connectivity index (χ1v) is 5.57. The maximum Gasteiger partial charge on any atom is 0.349 e. The van der Waals surface area contributed by atoms with E-state index in [9.17, 15) is 4.79 Å². The molecule has 0 aliphatic rings. The van der Waals surface area contributed by atoms with Crippen molar-refractivity contribution in [2.75, 3.05) is 5.73 Å².